The molecule has 2 rings (SSSR count). The van der Waals surface area contributed by atoms with Crippen molar-refractivity contribution in [2.24, 2.45) is 0 Å². The molecule has 1 heterocycles. The lowest BCUT2D eigenvalue weighted by Crippen LogP contribution is -2.43. The zero-order chi connectivity index (χ0) is 15.9. The van der Waals surface area contributed by atoms with Crippen molar-refractivity contribution in [3.63, 3.8) is 0 Å². The maximum absolute atomic E-state index is 11.8. The number of hydrogen-bond acceptors (Lipinski definition) is 4. The van der Waals surface area contributed by atoms with Crippen molar-refractivity contribution in [3.05, 3.63) is 29.3 Å². The Morgan fingerprint density at radius 1 is 1.35 bits per heavy atom. The number of ether oxygens (including phenoxy) is 1. The minimum Gasteiger partial charge on any atom is -0.492 e. The van der Waals surface area contributed by atoms with Crippen LogP contribution in [0.1, 0.15) is 12.8 Å². The number of nitrogens with one attached hydrogen (secondary N) is 1. The Morgan fingerprint density at radius 3 is 2.70 bits per heavy atom. The third-order valence-corrected chi connectivity index (χ3v) is 3.75. The monoisotopic (exact) mass is 362 g/mol. The summed E-state index contributed by atoms with van der Waals surface area (Å²) in [5.74, 6) is -0.367. The molecule has 1 aromatic rings. The highest BCUT2D eigenvalue weighted by Gasteiger charge is 2.31. The van der Waals surface area contributed by atoms with E-state index in [0.717, 1.165) is 6.42 Å². The topological polar surface area (TPSA) is 78.9 Å². The SMILES string of the molecule is Cl.O=C(CN1CCCC1C(=O)O)NCCOc1ccc(Cl)cc1. The molecule has 1 fully saturated rings. The second-order valence-corrected chi connectivity index (χ2v) is 5.56. The van der Waals surface area contributed by atoms with Crippen molar-refractivity contribution in [3.8, 4) is 5.75 Å². The fourth-order valence-corrected chi connectivity index (χ4v) is 2.55. The highest BCUT2D eigenvalue weighted by atomic mass is 35.5. The molecule has 23 heavy (non-hydrogen) atoms. The van der Waals surface area contributed by atoms with Crippen LogP contribution in [0.2, 0.25) is 5.02 Å². The van der Waals surface area contributed by atoms with E-state index in [4.69, 9.17) is 21.4 Å². The van der Waals surface area contributed by atoms with Gasteiger partial charge in [-0.05, 0) is 43.7 Å². The first kappa shape index (κ1) is 19.5. The van der Waals surface area contributed by atoms with E-state index >= 15 is 0 Å². The Bertz CT molecular complexity index is 525. The van der Waals surface area contributed by atoms with Gasteiger partial charge in [0.15, 0.2) is 0 Å². The number of carbonyl (C=O) groups is 2. The van der Waals surface area contributed by atoms with Crippen molar-refractivity contribution < 1.29 is 19.4 Å². The van der Waals surface area contributed by atoms with Gasteiger partial charge in [0.2, 0.25) is 5.91 Å². The number of carbonyl (C=O) groups excluding carboxylic acids is 1. The number of benzene rings is 1. The number of hydrogen-bond donors (Lipinski definition) is 2. The van der Waals surface area contributed by atoms with Crippen molar-refractivity contribution in [2.45, 2.75) is 18.9 Å². The lowest BCUT2D eigenvalue weighted by atomic mass is 10.2. The summed E-state index contributed by atoms with van der Waals surface area (Å²) in [6.07, 6.45) is 1.41. The molecule has 0 radical (unpaired) electrons. The van der Waals surface area contributed by atoms with Crippen LogP contribution in [0.25, 0.3) is 0 Å². The third kappa shape index (κ3) is 6.25. The fourth-order valence-electron chi connectivity index (χ4n) is 2.43. The van der Waals surface area contributed by atoms with Gasteiger partial charge in [-0.15, -0.1) is 12.4 Å². The Labute approximate surface area is 146 Å². The first-order valence-electron chi connectivity index (χ1n) is 7.18. The molecule has 0 bridgehead atoms. The first-order valence-corrected chi connectivity index (χ1v) is 7.56. The van der Waals surface area contributed by atoms with E-state index in [1.165, 1.54) is 0 Å². The van der Waals surface area contributed by atoms with Crippen LogP contribution in [-0.4, -0.2) is 54.2 Å². The van der Waals surface area contributed by atoms with E-state index in [1.807, 2.05) is 0 Å². The number of amides is 1. The Balaban J connectivity index is 0.00000264. The minimum absolute atomic E-state index is 0. The smallest absolute Gasteiger partial charge is 0.320 e. The van der Waals surface area contributed by atoms with Gasteiger partial charge < -0.3 is 15.2 Å². The number of aliphatic carboxylic acids is 1. The predicted molar refractivity (Wildman–Crippen MR) is 89.4 cm³/mol. The van der Waals surface area contributed by atoms with Gasteiger partial charge in [-0.2, -0.15) is 0 Å². The van der Waals surface area contributed by atoms with Crippen molar-refractivity contribution >= 4 is 35.9 Å². The predicted octanol–water partition coefficient (Wildman–Crippen LogP) is 1.81. The van der Waals surface area contributed by atoms with Crippen LogP contribution in [0.5, 0.6) is 5.75 Å². The summed E-state index contributed by atoms with van der Waals surface area (Å²) in [7, 11) is 0. The summed E-state index contributed by atoms with van der Waals surface area (Å²) in [6, 6.07) is 6.43. The molecule has 1 aliphatic rings. The normalized spacial score (nSPS) is 17.3. The van der Waals surface area contributed by atoms with E-state index in [0.29, 0.717) is 36.9 Å². The Hall–Kier alpha value is -1.50. The molecule has 128 valence electrons. The summed E-state index contributed by atoms with van der Waals surface area (Å²) >= 11 is 5.77. The molecule has 0 aliphatic carbocycles. The van der Waals surface area contributed by atoms with Gasteiger partial charge in [0.1, 0.15) is 18.4 Å². The molecular weight excluding hydrogens is 343 g/mol. The molecule has 1 atom stereocenters. The number of rotatable bonds is 7. The van der Waals surface area contributed by atoms with Crippen molar-refractivity contribution in [2.75, 3.05) is 26.2 Å². The van der Waals surface area contributed by atoms with Gasteiger partial charge in [-0.3, -0.25) is 14.5 Å². The van der Waals surface area contributed by atoms with Gasteiger partial charge in [-0.1, -0.05) is 11.6 Å². The highest BCUT2D eigenvalue weighted by Crippen LogP contribution is 2.17. The van der Waals surface area contributed by atoms with Crippen LogP contribution < -0.4 is 10.1 Å². The Morgan fingerprint density at radius 2 is 2.04 bits per heavy atom. The zero-order valence-electron chi connectivity index (χ0n) is 12.5. The fraction of sp³-hybridized carbons (Fsp3) is 0.467. The quantitative estimate of drug-likeness (QED) is 0.723. The third-order valence-electron chi connectivity index (χ3n) is 3.50. The summed E-state index contributed by atoms with van der Waals surface area (Å²) in [6.45, 7) is 1.46. The number of halogens is 2. The highest BCUT2D eigenvalue weighted by molar-refractivity contribution is 6.30. The van der Waals surface area contributed by atoms with Crippen LogP contribution in [0.15, 0.2) is 24.3 Å². The van der Waals surface area contributed by atoms with Crippen LogP contribution in [-0.2, 0) is 9.59 Å². The lowest BCUT2D eigenvalue weighted by Gasteiger charge is -2.20. The maximum atomic E-state index is 11.8. The van der Waals surface area contributed by atoms with Crippen LogP contribution in [0, 0.1) is 0 Å². The van der Waals surface area contributed by atoms with E-state index in [9.17, 15) is 9.59 Å². The molecule has 1 unspecified atom stereocenters. The van der Waals surface area contributed by atoms with Gasteiger partial charge in [-0.25, -0.2) is 0 Å². The second kappa shape index (κ2) is 9.60. The molecule has 0 aromatic heterocycles. The van der Waals surface area contributed by atoms with Crippen LogP contribution in [0.4, 0.5) is 0 Å². The van der Waals surface area contributed by atoms with Gasteiger partial charge in [0.05, 0.1) is 13.1 Å². The number of carboxylic acid groups (broad SMARTS) is 1. The maximum Gasteiger partial charge on any atom is 0.320 e. The minimum atomic E-state index is -0.864. The zero-order valence-corrected chi connectivity index (χ0v) is 14.1. The number of carboxylic acids is 1. The molecule has 0 saturated carbocycles. The molecule has 8 heteroatoms. The molecule has 1 aliphatic heterocycles. The summed E-state index contributed by atoms with van der Waals surface area (Å²) < 4.78 is 5.46. The molecule has 1 aromatic carbocycles. The van der Waals surface area contributed by atoms with Gasteiger partial charge >= 0.3 is 5.97 Å². The molecule has 0 spiro atoms. The summed E-state index contributed by atoms with van der Waals surface area (Å²) in [4.78, 5) is 24.5. The van der Waals surface area contributed by atoms with Crippen molar-refractivity contribution in [1.82, 2.24) is 10.2 Å². The average Bonchev–Trinajstić information content (AvgIpc) is 2.94. The second-order valence-electron chi connectivity index (χ2n) is 5.12. The Kier molecular flexibility index (Phi) is 8.16. The molecular formula is C15H20Cl2N2O4. The van der Waals surface area contributed by atoms with E-state index < -0.39 is 12.0 Å². The molecule has 2 N–H and O–H groups in total. The summed E-state index contributed by atoms with van der Waals surface area (Å²) in [5, 5.41) is 12.4. The van der Waals surface area contributed by atoms with Crippen LogP contribution in [0.3, 0.4) is 0 Å². The lowest BCUT2D eigenvalue weighted by molar-refractivity contribution is -0.142. The molecule has 6 nitrogen and oxygen atoms in total. The number of likely N-dealkylation sites (tertiary alicyclic amines) is 1. The van der Waals surface area contributed by atoms with E-state index in [-0.39, 0.29) is 24.9 Å². The van der Waals surface area contributed by atoms with Crippen LogP contribution >= 0.6 is 24.0 Å². The van der Waals surface area contributed by atoms with Crippen molar-refractivity contribution in [1.29, 1.82) is 0 Å². The molecule has 1 saturated heterocycles. The summed E-state index contributed by atoms with van der Waals surface area (Å²) in [5.41, 5.74) is 0. The first-order chi connectivity index (χ1) is 10.6. The van der Waals surface area contributed by atoms with Gasteiger partial charge in [0.25, 0.3) is 0 Å². The molecule has 1 amide bonds. The van der Waals surface area contributed by atoms with E-state index in [1.54, 1.807) is 29.2 Å². The standard InChI is InChI=1S/C15H19ClN2O4.ClH/c16-11-3-5-12(6-4-11)22-9-7-17-14(19)10-18-8-1-2-13(18)15(20)21;/h3-6,13H,1-2,7-10H2,(H,17,19)(H,20,21);1H. The number of nitrogens with zero attached hydrogens (tertiary/aromatic N) is 1. The largest absolute Gasteiger partial charge is 0.492 e. The average molecular weight is 363 g/mol. The van der Waals surface area contributed by atoms with E-state index in [2.05, 4.69) is 5.32 Å². The van der Waals surface area contributed by atoms with Gasteiger partial charge in [0, 0.05) is 5.02 Å².